The van der Waals surface area contributed by atoms with Gasteiger partial charge in [-0.25, -0.2) is 4.98 Å². The normalized spacial score (nSPS) is 13.5. The molecule has 2 heterocycles. The molecule has 0 bridgehead atoms. The molecular formula is C29H25NO2S2. The van der Waals surface area contributed by atoms with Crippen molar-refractivity contribution in [1.82, 2.24) is 4.98 Å². The van der Waals surface area contributed by atoms with E-state index in [0.29, 0.717) is 11.1 Å². The van der Waals surface area contributed by atoms with Crippen LogP contribution >= 0.6 is 22.7 Å². The van der Waals surface area contributed by atoms with E-state index in [-0.39, 0.29) is 0 Å². The lowest BCUT2D eigenvalue weighted by molar-refractivity contribution is 0.0817. The summed E-state index contributed by atoms with van der Waals surface area (Å²) in [6, 6.07) is 18.4. The monoisotopic (exact) mass is 483 g/mol. The van der Waals surface area contributed by atoms with E-state index in [1.165, 1.54) is 37.0 Å². The molecule has 0 atom stereocenters. The average molecular weight is 484 g/mol. The molecule has 1 aliphatic rings. The first kappa shape index (κ1) is 22.6. The van der Waals surface area contributed by atoms with E-state index in [9.17, 15) is 9.59 Å². The molecule has 1 aliphatic carbocycles. The van der Waals surface area contributed by atoms with Crippen LogP contribution in [0.4, 0.5) is 0 Å². The van der Waals surface area contributed by atoms with E-state index in [2.05, 4.69) is 26.8 Å². The Hall–Kier alpha value is -3.15. The lowest BCUT2D eigenvalue weighted by Crippen LogP contribution is -2.14. The SMILES string of the molecule is Cc1nc(C2=C(c3cc(-c4ccc(C(=O)C(=O)c5ccccc5)cc4)sc3C)CCC2)c(C)s1. The molecule has 0 radical (unpaired) electrons. The second-order valence-electron chi connectivity index (χ2n) is 8.63. The fourth-order valence-corrected chi connectivity index (χ4v) is 6.57. The summed E-state index contributed by atoms with van der Waals surface area (Å²) >= 11 is 3.54. The third kappa shape index (κ3) is 4.22. The van der Waals surface area contributed by atoms with Gasteiger partial charge in [0.2, 0.25) is 11.6 Å². The number of Topliss-reactive ketones (excluding diaryl/α,β-unsaturated/α-hetero) is 2. The molecule has 0 saturated heterocycles. The largest absolute Gasteiger partial charge is 0.285 e. The Labute approximate surface area is 207 Å². The standard InChI is InChI=1S/C29H25NO2S2/c1-17-25(23-10-7-11-24(23)27-18(2)33-19(3)30-27)16-26(34-17)20-12-14-22(15-13-20)29(32)28(31)21-8-5-4-6-9-21/h4-6,8-9,12-16H,7,10-11H2,1-3H3. The van der Waals surface area contributed by atoms with Gasteiger partial charge in [0.15, 0.2) is 0 Å². The van der Waals surface area contributed by atoms with Gasteiger partial charge in [0.25, 0.3) is 0 Å². The van der Waals surface area contributed by atoms with Crippen LogP contribution in [-0.2, 0) is 0 Å². The zero-order valence-corrected chi connectivity index (χ0v) is 21.1. The Morgan fingerprint density at radius 3 is 2.06 bits per heavy atom. The molecule has 170 valence electrons. The summed E-state index contributed by atoms with van der Waals surface area (Å²) in [6.07, 6.45) is 3.32. The van der Waals surface area contributed by atoms with Crippen LogP contribution in [0, 0.1) is 20.8 Å². The molecule has 5 rings (SSSR count). The highest BCUT2D eigenvalue weighted by Gasteiger charge is 2.24. The summed E-state index contributed by atoms with van der Waals surface area (Å²) in [7, 11) is 0. The van der Waals surface area contributed by atoms with E-state index in [0.717, 1.165) is 29.8 Å². The molecule has 0 spiro atoms. The molecule has 0 unspecified atom stereocenters. The van der Waals surface area contributed by atoms with Crippen molar-refractivity contribution in [3.8, 4) is 10.4 Å². The smallest absolute Gasteiger partial charge is 0.233 e. The number of carbonyl (C=O) groups is 2. The van der Waals surface area contributed by atoms with E-state index >= 15 is 0 Å². The van der Waals surface area contributed by atoms with Crippen LogP contribution in [0.25, 0.3) is 21.6 Å². The summed E-state index contributed by atoms with van der Waals surface area (Å²) in [5.74, 6) is -0.952. The van der Waals surface area contributed by atoms with Crippen LogP contribution in [0.1, 0.15) is 66.0 Å². The van der Waals surface area contributed by atoms with Gasteiger partial charge in [-0.2, -0.15) is 0 Å². The minimum absolute atomic E-state index is 0.418. The molecule has 2 aromatic carbocycles. The maximum Gasteiger partial charge on any atom is 0.233 e. The maximum absolute atomic E-state index is 12.7. The quantitative estimate of drug-likeness (QED) is 0.206. The van der Waals surface area contributed by atoms with Gasteiger partial charge in [-0.15, -0.1) is 22.7 Å². The molecule has 0 aliphatic heterocycles. The Bertz CT molecular complexity index is 1420. The predicted molar refractivity (Wildman–Crippen MR) is 142 cm³/mol. The van der Waals surface area contributed by atoms with Gasteiger partial charge in [-0.1, -0.05) is 54.6 Å². The van der Waals surface area contributed by atoms with Gasteiger partial charge in [-0.3, -0.25) is 9.59 Å². The number of thiophene rings is 1. The number of hydrogen-bond donors (Lipinski definition) is 0. The van der Waals surface area contributed by atoms with Gasteiger partial charge in [0.05, 0.1) is 10.7 Å². The third-order valence-corrected chi connectivity index (χ3v) is 8.31. The Morgan fingerprint density at radius 1 is 0.765 bits per heavy atom. The number of nitrogens with zero attached hydrogens (tertiary/aromatic N) is 1. The number of ketones is 2. The summed E-state index contributed by atoms with van der Waals surface area (Å²) in [6.45, 7) is 6.42. The van der Waals surface area contributed by atoms with Crippen LogP contribution in [0.5, 0.6) is 0 Å². The van der Waals surface area contributed by atoms with E-state index in [1.54, 1.807) is 59.1 Å². The van der Waals surface area contributed by atoms with E-state index in [1.807, 2.05) is 18.2 Å². The van der Waals surface area contributed by atoms with Crippen LogP contribution < -0.4 is 0 Å². The van der Waals surface area contributed by atoms with Crippen molar-refractivity contribution in [1.29, 1.82) is 0 Å². The lowest BCUT2D eigenvalue weighted by atomic mass is 9.98. The van der Waals surface area contributed by atoms with Gasteiger partial charge < -0.3 is 0 Å². The van der Waals surface area contributed by atoms with Crippen molar-refractivity contribution in [2.45, 2.75) is 40.0 Å². The predicted octanol–water partition coefficient (Wildman–Crippen LogP) is 7.96. The van der Waals surface area contributed by atoms with Crippen molar-refractivity contribution in [3.63, 3.8) is 0 Å². The van der Waals surface area contributed by atoms with Crippen LogP contribution in [0.15, 0.2) is 60.7 Å². The molecular weight excluding hydrogens is 458 g/mol. The molecule has 0 N–H and O–H groups in total. The number of allylic oxidation sites excluding steroid dienone is 2. The molecule has 4 aromatic rings. The highest BCUT2D eigenvalue weighted by Crippen LogP contribution is 2.45. The molecule has 3 nitrogen and oxygen atoms in total. The van der Waals surface area contributed by atoms with Crippen LogP contribution in [0.3, 0.4) is 0 Å². The number of carbonyl (C=O) groups excluding carboxylic acids is 2. The number of aryl methyl sites for hydroxylation is 3. The van der Waals surface area contributed by atoms with Crippen LogP contribution in [0.2, 0.25) is 0 Å². The summed E-state index contributed by atoms with van der Waals surface area (Å²) in [5.41, 5.74) is 7.21. The minimum atomic E-state index is -0.476. The Kier molecular flexibility index (Phi) is 6.15. The summed E-state index contributed by atoms with van der Waals surface area (Å²) < 4.78 is 0. The first-order chi connectivity index (χ1) is 16.4. The highest BCUT2D eigenvalue weighted by atomic mass is 32.1. The minimum Gasteiger partial charge on any atom is -0.285 e. The van der Waals surface area contributed by atoms with Gasteiger partial charge in [-0.05, 0) is 68.4 Å². The van der Waals surface area contributed by atoms with Crippen molar-refractivity contribution in [2.75, 3.05) is 0 Å². The number of rotatable bonds is 6. The van der Waals surface area contributed by atoms with E-state index < -0.39 is 11.6 Å². The Morgan fingerprint density at radius 2 is 1.41 bits per heavy atom. The molecule has 0 fully saturated rings. The van der Waals surface area contributed by atoms with Gasteiger partial charge >= 0.3 is 0 Å². The molecule has 0 amide bonds. The first-order valence-electron chi connectivity index (χ1n) is 11.4. The molecule has 34 heavy (non-hydrogen) atoms. The fraction of sp³-hybridized carbons (Fsp3) is 0.207. The number of benzene rings is 2. The number of aromatic nitrogens is 1. The topological polar surface area (TPSA) is 47.0 Å². The van der Waals surface area contributed by atoms with Gasteiger partial charge in [0.1, 0.15) is 0 Å². The first-order valence-corrected chi connectivity index (χ1v) is 13.1. The van der Waals surface area contributed by atoms with Crippen molar-refractivity contribution in [3.05, 3.63) is 97.8 Å². The molecule has 5 heteroatoms. The van der Waals surface area contributed by atoms with Crippen molar-refractivity contribution < 1.29 is 9.59 Å². The second-order valence-corrected chi connectivity index (χ2v) is 11.3. The number of hydrogen-bond acceptors (Lipinski definition) is 5. The van der Waals surface area contributed by atoms with Crippen molar-refractivity contribution in [2.24, 2.45) is 0 Å². The average Bonchev–Trinajstić information content (AvgIpc) is 3.56. The highest BCUT2D eigenvalue weighted by molar-refractivity contribution is 7.15. The van der Waals surface area contributed by atoms with E-state index in [4.69, 9.17) is 4.98 Å². The van der Waals surface area contributed by atoms with Crippen molar-refractivity contribution >= 4 is 45.4 Å². The maximum atomic E-state index is 12.7. The molecule has 2 aromatic heterocycles. The zero-order valence-electron chi connectivity index (χ0n) is 19.5. The van der Waals surface area contributed by atoms with Gasteiger partial charge in [0, 0.05) is 25.8 Å². The zero-order chi connectivity index (χ0) is 23.8. The third-order valence-electron chi connectivity index (χ3n) is 6.32. The summed E-state index contributed by atoms with van der Waals surface area (Å²) in [4.78, 5) is 33.8. The van der Waals surface area contributed by atoms with Crippen LogP contribution in [-0.4, -0.2) is 16.6 Å². The fourth-order valence-electron chi connectivity index (χ4n) is 4.67. The lowest BCUT2D eigenvalue weighted by Gasteiger charge is -2.06. The molecule has 0 saturated carbocycles. The number of thiazole rings is 1. The Balaban J connectivity index is 1.43. The second kappa shape index (κ2) is 9.24. The summed E-state index contributed by atoms with van der Waals surface area (Å²) in [5, 5.41) is 1.12.